The molecule has 3 rings (SSSR count). The van der Waals surface area contributed by atoms with Crippen molar-refractivity contribution in [1.29, 1.82) is 5.26 Å². The minimum Gasteiger partial charge on any atom is -0.326 e. The van der Waals surface area contributed by atoms with E-state index in [1.165, 1.54) is 12.1 Å². The van der Waals surface area contributed by atoms with E-state index in [4.69, 9.17) is 5.26 Å². The second-order valence-corrected chi connectivity index (χ2v) is 5.27. The highest BCUT2D eigenvalue weighted by Crippen LogP contribution is 2.32. The summed E-state index contributed by atoms with van der Waals surface area (Å²) >= 11 is 0. The molecule has 1 heterocycles. The number of imidazole rings is 1. The number of alkyl halides is 3. The lowest BCUT2D eigenvalue weighted by Crippen LogP contribution is -2.11. The molecule has 0 N–H and O–H groups in total. The van der Waals surface area contributed by atoms with Crippen LogP contribution in [0.3, 0.4) is 0 Å². The smallest absolute Gasteiger partial charge is 0.326 e. The van der Waals surface area contributed by atoms with E-state index in [-0.39, 0.29) is 6.04 Å². The molecule has 1 atom stereocenters. The van der Waals surface area contributed by atoms with Gasteiger partial charge in [0, 0.05) is 12.4 Å². The first-order valence-electron chi connectivity index (χ1n) is 7.13. The lowest BCUT2D eigenvalue weighted by Gasteiger charge is -2.20. The molecule has 0 amide bonds. The summed E-state index contributed by atoms with van der Waals surface area (Å²) in [5, 5.41) is 8.90. The third-order valence-electron chi connectivity index (χ3n) is 3.73. The minimum absolute atomic E-state index is 0.317. The molecule has 0 aliphatic rings. The van der Waals surface area contributed by atoms with E-state index < -0.39 is 11.7 Å². The van der Waals surface area contributed by atoms with Gasteiger partial charge in [-0.1, -0.05) is 24.3 Å². The van der Waals surface area contributed by atoms with Gasteiger partial charge in [0.1, 0.15) is 0 Å². The predicted octanol–water partition coefficient (Wildman–Crippen LogP) is 4.41. The van der Waals surface area contributed by atoms with Crippen LogP contribution in [0.15, 0.2) is 67.3 Å². The molecule has 0 aliphatic carbocycles. The molecule has 1 aromatic heterocycles. The van der Waals surface area contributed by atoms with Gasteiger partial charge in [-0.3, -0.25) is 0 Å². The van der Waals surface area contributed by atoms with Crippen LogP contribution in [-0.4, -0.2) is 9.55 Å². The standard InChI is InChI=1S/C18H12F3N3/c19-18(20,21)16-7-5-15(6-8-16)17(24-10-9-23-12-24)14-3-1-13(11-22)2-4-14/h1-10,12,17H. The number of hydrogen-bond donors (Lipinski definition) is 0. The first-order valence-corrected chi connectivity index (χ1v) is 7.13. The first-order chi connectivity index (χ1) is 11.5. The molecule has 3 aromatic rings. The number of aromatic nitrogens is 2. The van der Waals surface area contributed by atoms with Gasteiger partial charge < -0.3 is 4.57 Å². The van der Waals surface area contributed by atoms with Gasteiger partial charge in [-0.2, -0.15) is 18.4 Å². The highest BCUT2D eigenvalue weighted by molar-refractivity contribution is 5.39. The van der Waals surface area contributed by atoms with Crippen LogP contribution in [0.5, 0.6) is 0 Å². The molecule has 6 heteroatoms. The van der Waals surface area contributed by atoms with Crippen molar-refractivity contribution in [2.24, 2.45) is 0 Å². The van der Waals surface area contributed by atoms with Crippen LogP contribution in [-0.2, 0) is 6.18 Å². The fourth-order valence-corrected chi connectivity index (χ4v) is 2.55. The van der Waals surface area contributed by atoms with Crippen molar-refractivity contribution in [2.45, 2.75) is 12.2 Å². The Labute approximate surface area is 136 Å². The summed E-state index contributed by atoms with van der Waals surface area (Å²) in [7, 11) is 0. The van der Waals surface area contributed by atoms with Crippen molar-refractivity contribution < 1.29 is 13.2 Å². The second-order valence-electron chi connectivity index (χ2n) is 5.27. The van der Waals surface area contributed by atoms with Crippen LogP contribution in [0.4, 0.5) is 13.2 Å². The number of nitriles is 1. The molecule has 0 saturated carbocycles. The van der Waals surface area contributed by atoms with Gasteiger partial charge in [0.15, 0.2) is 0 Å². The Balaban J connectivity index is 2.04. The third kappa shape index (κ3) is 3.15. The molecule has 0 aliphatic heterocycles. The summed E-state index contributed by atoms with van der Waals surface area (Å²) < 4.78 is 40.1. The van der Waals surface area contributed by atoms with E-state index in [0.717, 1.165) is 17.7 Å². The average molecular weight is 327 g/mol. The summed E-state index contributed by atoms with van der Waals surface area (Å²) in [6.45, 7) is 0. The van der Waals surface area contributed by atoms with Gasteiger partial charge in [-0.15, -0.1) is 0 Å². The Hall–Kier alpha value is -3.07. The number of hydrogen-bond acceptors (Lipinski definition) is 2. The van der Waals surface area contributed by atoms with Gasteiger partial charge in [-0.25, -0.2) is 4.98 Å². The number of rotatable bonds is 3. The van der Waals surface area contributed by atoms with E-state index in [1.54, 1.807) is 43.0 Å². The summed E-state index contributed by atoms with van der Waals surface area (Å²) in [6, 6.07) is 13.8. The lowest BCUT2D eigenvalue weighted by atomic mass is 9.96. The number of nitrogens with zero attached hydrogens (tertiary/aromatic N) is 3. The van der Waals surface area contributed by atoms with Crippen LogP contribution >= 0.6 is 0 Å². The van der Waals surface area contributed by atoms with Crippen LogP contribution in [0, 0.1) is 11.3 Å². The highest BCUT2D eigenvalue weighted by atomic mass is 19.4. The van der Waals surface area contributed by atoms with Crippen LogP contribution in [0.25, 0.3) is 0 Å². The van der Waals surface area contributed by atoms with E-state index >= 15 is 0 Å². The molecule has 24 heavy (non-hydrogen) atoms. The maximum atomic E-state index is 12.8. The van der Waals surface area contributed by atoms with E-state index in [1.807, 2.05) is 10.6 Å². The molecule has 0 saturated heterocycles. The van der Waals surface area contributed by atoms with Gasteiger partial charge in [0.05, 0.1) is 29.6 Å². The van der Waals surface area contributed by atoms with Crippen molar-refractivity contribution in [3.8, 4) is 6.07 Å². The quantitative estimate of drug-likeness (QED) is 0.715. The largest absolute Gasteiger partial charge is 0.416 e. The monoisotopic (exact) mass is 327 g/mol. The topological polar surface area (TPSA) is 41.6 Å². The van der Waals surface area contributed by atoms with Crippen molar-refractivity contribution in [3.05, 3.63) is 89.5 Å². The normalized spacial score (nSPS) is 12.6. The summed E-state index contributed by atoms with van der Waals surface area (Å²) in [5.41, 5.74) is 1.39. The van der Waals surface area contributed by atoms with Gasteiger partial charge in [-0.05, 0) is 35.4 Å². The number of halogens is 3. The van der Waals surface area contributed by atoms with E-state index in [0.29, 0.717) is 11.1 Å². The van der Waals surface area contributed by atoms with Crippen molar-refractivity contribution in [3.63, 3.8) is 0 Å². The molecule has 120 valence electrons. The molecule has 0 fully saturated rings. The zero-order chi connectivity index (χ0) is 17.2. The van der Waals surface area contributed by atoms with Crippen LogP contribution in [0.2, 0.25) is 0 Å². The van der Waals surface area contributed by atoms with E-state index in [9.17, 15) is 13.2 Å². The van der Waals surface area contributed by atoms with Crippen LogP contribution in [0.1, 0.15) is 28.3 Å². The average Bonchev–Trinajstić information content (AvgIpc) is 3.09. The fraction of sp³-hybridized carbons (Fsp3) is 0.111. The number of benzene rings is 2. The molecule has 0 radical (unpaired) electrons. The predicted molar refractivity (Wildman–Crippen MR) is 82.1 cm³/mol. The Morgan fingerprint density at radius 3 is 2.00 bits per heavy atom. The molecular formula is C18H12F3N3. The summed E-state index contributed by atoms with van der Waals surface area (Å²) in [5.74, 6) is 0. The third-order valence-corrected chi connectivity index (χ3v) is 3.73. The second kappa shape index (κ2) is 6.20. The molecule has 0 spiro atoms. The highest BCUT2D eigenvalue weighted by Gasteiger charge is 2.30. The summed E-state index contributed by atoms with van der Waals surface area (Å²) in [6.07, 6.45) is 0.610. The molecule has 0 bridgehead atoms. The fourth-order valence-electron chi connectivity index (χ4n) is 2.55. The summed E-state index contributed by atoms with van der Waals surface area (Å²) in [4.78, 5) is 4.02. The van der Waals surface area contributed by atoms with Crippen molar-refractivity contribution in [1.82, 2.24) is 9.55 Å². The van der Waals surface area contributed by atoms with Crippen molar-refractivity contribution in [2.75, 3.05) is 0 Å². The van der Waals surface area contributed by atoms with Crippen LogP contribution < -0.4 is 0 Å². The molecule has 1 unspecified atom stereocenters. The SMILES string of the molecule is N#Cc1ccc(C(c2ccc(C(F)(F)F)cc2)n2ccnc2)cc1. The zero-order valence-corrected chi connectivity index (χ0v) is 12.4. The Morgan fingerprint density at radius 2 is 1.54 bits per heavy atom. The Kier molecular flexibility index (Phi) is 4.09. The Morgan fingerprint density at radius 1 is 0.958 bits per heavy atom. The maximum Gasteiger partial charge on any atom is 0.416 e. The van der Waals surface area contributed by atoms with Crippen molar-refractivity contribution >= 4 is 0 Å². The minimum atomic E-state index is -4.36. The lowest BCUT2D eigenvalue weighted by molar-refractivity contribution is -0.137. The maximum absolute atomic E-state index is 12.8. The molecule has 2 aromatic carbocycles. The Bertz CT molecular complexity index is 843. The van der Waals surface area contributed by atoms with Gasteiger partial charge in [0.2, 0.25) is 0 Å². The van der Waals surface area contributed by atoms with Gasteiger partial charge >= 0.3 is 6.18 Å². The molecule has 3 nitrogen and oxygen atoms in total. The zero-order valence-electron chi connectivity index (χ0n) is 12.4. The molecular weight excluding hydrogens is 315 g/mol. The van der Waals surface area contributed by atoms with Gasteiger partial charge in [0.25, 0.3) is 0 Å². The first kappa shape index (κ1) is 15.8. The van der Waals surface area contributed by atoms with E-state index in [2.05, 4.69) is 4.98 Å².